The molecule has 0 aliphatic carbocycles. The van der Waals surface area contributed by atoms with Crippen LogP contribution in [-0.2, 0) is 26.2 Å². The third-order valence-electron chi connectivity index (χ3n) is 0.406. The van der Waals surface area contributed by atoms with Crippen molar-refractivity contribution in [3.05, 3.63) is 18.5 Å². The molecule has 30 valence electrons. The topological polar surface area (TPSA) is 28.7 Å². The average Bonchev–Trinajstić information content (AvgIpc) is 1.76. The van der Waals surface area contributed by atoms with Crippen LogP contribution in [-0.4, -0.2) is 10.2 Å². The van der Waals surface area contributed by atoms with E-state index in [0.717, 1.165) is 0 Å². The van der Waals surface area contributed by atoms with Crippen molar-refractivity contribution in [3.63, 3.8) is 0 Å². The van der Waals surface area contributed by atoms with Gasteiger partial charge < -0.3 is 0 Å². The van der Waals surface area contributed by atoms with E-state index in [1.165, 1.54) is 0 Å². The molecular formula is C3H4N2Zr. The molecule has 0 bridgehead atoms. The summed E-state index contributed by atoms with van der Waals surface area (Å²) in [7, 11) is 0. The number of aromatic amines is 1. The van der Waals surface area contributed by atoms with Gasteiger partial charge in [0.05, 0.1) is 0 Å². The summed E-state index contributed by atoms with van der Waals surface area (Å²) in [6.45, 7) is 0. The van der Waals surface area contributed by atoms with Crippen LogP contribution < -0.4 is 0 Å². The molecule has 2 nitrogen and oxygen atoms in total. The number of H-pyrrole nitrogens is 1. The molecule has 6 heavy (non-hydrogen) atoms. The summed E-state index contributed by atoms with van der Waals surface area (Å²) in [6, 6.07) is 1.83. The number of nitrogens with zero attached hydrogens (tertiary/aromatic N) is 1. The Morgan fingerprint density at radius 2 is 2.33 bits per heavy atom. The first-order valence-electron chi connectivity index (χ1n) is 1.44. The first-order chi connectivity index (χ1) is 2.50. The first kappa shape index (κ1) is 6.09. The molecule has 0 fully saturated rings. The normalized spacial score (nSPS) is 6.67. The Hall–Kier alpha value is 0.0931. The third kappa shape index (κ3) is 1.51. The van der Waals surface area contributed by atoms with Gasteiger partial charge in [0.25, 0.3) is 0 Å². The molecule has 1 aromatic heterocycles. The van der Waals surface area contributed by atoms with Crippen molar-refractivity contribution in [2.45, 2.75) is 0 Å². The summed E-state index contributed by atoms with van der Waals surface area (Å²) in [5.74, 6) is 0. The van der Waals surface area contributed by atoms with Crippen molar-refractivity contribution < 1.29 is 26.2 Å². The molecule has 1 rings (SSSR count). The second-order valence-corrected chi connectivity index (χ2v) is 0.766. The second kappa shape index (κ2) is 3.29. The van der Waals surface area contributed by atoms with E-state index in [9.17, 15) is 0 Å². The van der Waals surface area contributed by atoms with Gasteiger partial charge in [0, 0.05) is 38.6 Å². The molecule has 0 saturated carbocycles. The van der Waals surface area contributed by atoms with Crippen molar-refractivity contribution in [1.82, 2.24) is 10.2 Å². The van der Waals surface area contributed by atoms with Gasteiger partial charge in [-0.05, 0) is 6.07 Å². The maximum Gasteiger partial charge on any atom is 0.0487 e. The zero-order chi connectivity index (χ0) is 3.54. The average molecular weight is 159 g/mol. The first-order valence-corrected chi connectivity index (χ1v) is 1.44. The van der Waals surface area contributed by atoms with Gasteiger partial charge in [-0.15, -0.1) is 0 Å². The number of rotatable bonds is 0. The van der Waals surface area contributed by atoms with E-state index in [0.29, 0.717) is 0 Å². The smallest absolute Gasteiger partial charge is 0.0487 e. The third-order valence-corrected chi connectivity index (χ3v) is 0.406. The van der Waals surface area contributed by atoms with E-state index < -0.39 is 0 Å². The molecule has 1 N–H and O–H groups in total. The van der Waals surface area contributed by atoms with Crippen LogP contribution in [0.2, 0.25) is 0 Å². The quantitative estimate of drug-likeness (QED) is 0.583. The second-order valence-electron chi connectivity index (χ2n) is 0.766. The Kier molecular flexibility index (Phi) is 3.34. The van der Waals surface area contributed by atoms with E-state index in [4.69, 9.17) is 0 Å². The molecule has 0 radical (unpaired) electrons. The Morgan fingerprint density at radius 1 is 1.50 bits per heavy atom. The van der Waals surface area contributed by atoms with Gasteiger partial charge in [-0.25, -0.2) is 0 Å². The van der Waals surface area contributed by atoms with Crippen LogP contribution in [0.25, 0.3) is 0 Å². The molecule has 0 amide bonds. The number of nitrogens with one attached hydrogen (secondary N) is 1. The van der Waals surface area contributed by atoms with Gasteiger partial charge >= 0.3 is 0 Å². The number of aromatic nitrogens is 2. The fraction of sp³-hybridized carbons (Fsp3) is 0. The Labute approximate surface area is 55.1 Å². The monoisotopic (exact) mass is 158 g/mol. The summed E-state index contributed by atoms with van der Waals surface area (Å²) in [4.78, 5) is 0. The molecule has 0 unspecified atom stereocenters. The number of hydrogen-bond acceptors (Lipinski definition) is 1. The van der Waals surface area contributed by atoms with Crippen molar-refractivity contribution in [3.8, 4) is 0 Å². The van der Waals surface area contributed by atoms with Gasteiger partial charge in [0.2, 0.25) is 0 Å². The minimum Gasteiger partial charge on any atom is -0.286 e. The Bertz CT molecular complexity index is 65.3. The molecule has 0 aromatic carbocycles. The standard InChI is InChI=1S/C3H4N2.Zr/c1-2-4-5-3-1;/h1-3H,(H,4,5);. The predicted octanol–water partition coefficient (Wildman–Crippen LogP) is 0.407. The van der Waals surface area contributed by atoms with E-state index in [-0.39, 0.29) is 26.2 Å². The minimum atomic E-state index is 0. The van der Waals surface area contributed by atoms with Gasteiger partial charge in [0.15, 0.2) is 0 Å². The van der Waals surface area contributed by atoms with Gasteiger partial charge in [0.1, 0.15) is 0 Å². The maximum atomic E-state index is 3.60. The summed E-state index contributed by atoms with van der Waals surface area (Å²) in [5.41, 5.74) is 0. The summed E-state index contributed by atoms with van der Waals surface area (Å²) < 4.78 is 0. The van der Waals surface area contributed by atoms with Crippen molar-refractivity contribution in [2.75, 3.05) is 0 Å². The van der Waals surface area contributed by atoms with Crippen LogP contribution in [0.4, 0.5) is 0 Å². The summed E-state index contributed by atoms with van der Waals surface area (Å²) in [6.07, 6.45) is 3.46. The van der Waals surface area contributed by atoms with Crippen LogP contribution in [0.15, 0.2) is 18.5 Å². The molecule has 1 heterocycles. The van der Waals surface area contributed by atoms with Crippen LogP contribution in [0, 0.1) is 0 Å². The molecule has 0 spiro atoms. The fourth-order valence-corrected chi connectivity index (χ4v) is 0.215. The Morgan fingerprint density at radius 3 is 2.50 bits per heavy atom. The zero-order valence-electron chi connectivity index (χ0n) is 3.18. The van der Waals surface area contributed by atoms with E-state index >= 15 is 0 Å². The summed E-state index contributed by atoms with van der Waals surface area (Å²) in [5, 5.41) is 6.21. The van der Waals surface area contributed by atoms with Crippen LogP contribution >= 0.6 is 0 Å². The van der Waals surface area contributed by atoms with Crippen LogP contribution in [0.1, 0.15) is 0 Å². The molecule has 0 atom stereocenters. The zero-order valence-corrected chi connectivity index (χ0v) is 5.64. The van der Waals surface area contributed by atoms with Gasteiger partial charge in [-0.3, -0.25) is 5.10 Å². The summed E-state index contributed by atoms with van der Waals surface area (Å²) >= 11 is 0. The minimum absolute atomic E-state index is 0. The van der Waals surface area contributed by atoms with Crippen LogP contribution in [0.3, 0.4) is 0 Å². The van der Waals surface area contributed by atoms with E-state index in [2.05, 4.69) is 10.2 Å². The Balaban J connectivity index is 0.000000250. The number of hydrogen-bond donors (Lipinski definition) is 1. The fourth-order valence-electron chi connectivity index (χ4n) is 0.215. The predicted molar refractivity (Wildman–Crippen MR) is 18.6 cm³/mol. The van der Waals surface area contributed by atoms with Gasteiger partial charge in [-0.2, -0.15) is 5.10 Å². The van der Waals surface area contributed by atoms with Crippen molar-refractivity contribution in [1.29, 1.82) is 0 Å². The molecule has 0 aliphatic rings. The molecule has 0 saturated heterocycles. The molecule has 0 aliphatic heterocycles. The van der Waals surface area contributed by atoms with E-state index in [1.54, 1.807) is 12.4 Å². The van der Waals surface area contributed by atoms with E-state index in [1.807, 2.05) is 6.07 Å². The molecule has 1 aromatic rings. The molecular weight excluding hydrogens is 155 g/mol. The van der Waals surface area contributed by atoms with Gasteiger partial charge in [-0.1, -0.05) is 0 Å². The largest absolute Gasteiger partial charge is 0.286 e. The molecule has 3 heteroatoms. The maximum absolute atomic E-state index is 3.60. The van der Waals surface area contributed by atoms with Crippen molar-refractivity contribution >= 4 is 0 Å². The van der Waals surface area contributed by atoms with Crippen molar-refractivity contribution in [2.24, 2.45) is 0 Å². The van der Waals surface area contributed by atoms with Crippen LogP contribution in [0.5, 0.6) is 0 Å². The SMILES string of the molecule is [Zr].c1cn[nH]c1.